The molecule has 5 nitrogen and oxygen atoms in total. The smallest absolute Gasteiger partial charge is 0.378 e. The maximum atomic E-state index is 11.0. The van der Waals surface area contributed by atoms with Gasteiger partial charge in [0.15, 0.2) is 4.98 Å². The first kappa shape index (κ1) is 8.01. The first-order valence-corrected chi connectivity index (χ1v) is 3.05. The zero-order chi connectivity index (χ0) is 9.14. The first-order chi connectivity index (χ1) is 5.66. The SMILES string of the molecule is N#[N+]c1cccc(C(=O)O)c1[O-]. The molecule has 1 aromatic carbocycles. The van der Waals surface area contributed by atoms with Crippen LogP contribution >= 0.6 is 0 Å². The summed E-state index contributed by atoms with van der Waals surface area (Å²) in [5.74, 6) is -2.11. The van der Waals surface area contributed by atoms with Gasteiger partial charge in [0.05, 0.1) is 5.56 Å². The summed E-state index contributed by atoms with van der Waals surface area (Å²) in [4.78, 5) is 13.0. The molecule has 0 bridgehead atoms. The summed E-state index contributed by atoms with van der Waals surface area (Å²) in [7, 11) is 0. The molecule has 5 heteroatoms. The molecule has 1 N–H and O–H groups in total. The van der Waals surface area contributed by atoms with Gasteiger partial charge in [0.1, 0.15) is 0 Å². The van der Waals surface area contributed by atoms with Crippen LogP contribution in [0.15, 0.2) is 18.2 Å². The molecule has 0 aliphatic carbocycles. The minimum absolute atomic E-state index is 0.269. The van der Waals surface area contributed by atoms with Crippen molar-refractivity contribution in [3.63, 3.8) is 0 Å². The molecule has 0 aliphatic rings. The molecule has 60 valence electrons. The van der Waals surface area contributed by atoms with E-state index in [9.17, 15) is 9.90 Å². The van der Waals surface area contributed by atoms with Crippen LogP contribution in [0.3, 0.4) is 0 Å². The second kappa shape index (κ2) is 2.88. The molecule has 0 radical (unpaired) electrons. The standard InChI is InChI=1S/C7H4N2O3/c8-9-5-3-1-2-4(6(5)10)7(11)12/h1-3H,(H-,10,11,12). The van der Waals surface area contributed by atoms with Crippen molar-refractivity contribution in [1.29, 1.82) is 5.39 Å². The number of diazo groups is 1. The van der Waals surface area contributed by atoms with Crippen molar-refractivity contribution in [3.05, 3.63) is 28.7 Å². The van der Waals surface area contributed by atoms with E-state index in [-0.39, 0.29) is 5.69 Å². The number of carboxylic acid groups (broad SMARTS) is 1. The van der Waals surface area contributed by atoms with Gasteiger partial charge in [-0.25, -0.2) is 4.79 Å². The maximum absolute atomic E-state index is 11.0. The number of hydrogen-bond donors (Lipinski definition) is 1. The lowest BCUT2D eigenvalue weighted by Crippen LogP contribution is -2.03. The van der Waals surface area contributed by atoms with Crippen LogP contribution in [0.25, 0.3) is 4.98 Å². The maximum Gasteiger partial charge on any atom is 0.378 e. The highest BCUT2D eigenvalue weighted by Crippen LogP contribution is 2.26. The number of carbonyl (C=O) groups is 1. The fourth-order valence-corrected chi connectivity index (χ4v) is 0.772. The average Bonchev–Trinajstić information content (AvgIpc) is 2.04. The van der Waals surface area contributed by atoms with E-state index in [1.807, 2.05) is 0 Å². The number of para-hydroxylation sites is 1. The predicted molar refractivity (Wildman–Crippen MR) is 37.6 cm³/mol. The van der Waals surface area contributed by atoms with Crippen molar-refractivity contribution in [1.82, 2.24) is 0 Å². The quantitative estimate of drug-likeness (QED) is 0.625. The van der Waals surface area contributed by atoms with Gasteiger partial charge in [-0.15, -0.1) is 0 Å². The van der Waals surface area contributed by atoms with E-state index in [2.05, 4.69) is 4.98 Å². The molecule has 0 saturated heterocycles. The summed E-state index contributed by atoms with van der Waals surface area (Å²) in [6.45, 7) is 0. The highest BCUT2D eigenvalue weighted by Gasteiger charge is 2.12. The minimum atomic E-state index is -1.33. The summed E-state index contributed by atoms with van der Waals surface area (Å²) in [6, 6.07) is 3.72. The second-order valence-corrected chi connectivity index (χ2v) is 2.06. The van der Waals surface area contributed by atoms with E-state index in [1.54, 1.807) is 0 Å². The highest BCUT2D eigenvalue weighted by atomic mass is 16.4. The monoisotopic (exact) mass is 164 g/mol. The van der Waals surface area contributed by atoms with Crippen molar-refractivity contribution in [2.45, 2.75) is 0 Å². The molecular formula is C7H4N2O3. The lowest BCUT2D eigenvalue weighted by Gasteiger charge is -2.04. The molecule has 0 unspecified atom stereocenters. The Balaban J connectivity index is 3.35. The number of benzene rings is 1. The van der Waals surface area contributed by atoms with Crippen LogP contribution in [0.5, 0.6) is 5.75 Å². The average molecular weight is 164 g/mol. The van der Waals surface area contributed by atoms with Crippen LogP contribution in [0.2, 0.25) is 0 Å². The molecule has 1 aromatic rings. The van der Waals surface area contributed by atoms with Crippen LogP contribution in [-0.4, -0.2) is 11.1 Å². The molecule has 12 heavy (non-hydrogen) atoms. The third kappa shape index (κ3) is 1.18. The van der Waals surface area contributed by atoms with Gasteiger partial charge in [0.25, 0.3) is 0 Å². The predicted octanol–water partition coefficient (Wildman–Crippen LogP) is 0.943. The minimum Gasteiger partial charge on any atom is -0.866 e. The summed E-state index contributed by atoms with van der Waals surface area (Å²) in [5, 5.41) is 27.7. The van der Waals surface area contributed by atoms with Crippen LogP contribution < -0.4 is 5.11 Å². The Labute approximate surface area is 67.5 Å². The zero-order valence-corrected chi connectivity index (χ0v) is 5.89. The van der Waals surface area contributed by atoms with Gasteiger partial charge in [0.2, 0.25) is 5.39 Å². The molecular weight excluding hydrogens is 160 g/mol. The Morgan fingerprint density at radius 1 is 1.58 bits per heavy atom. The lowest BCUT2D eigenvalue weighted by atomic mass is 10.2. The van der Waals surface area contributed by atoms with Gasteiger partial charge in [-0.05, 0) is 6.07 Å². The lowest BCUT2D eigenvalue weighted by molar-refractivity contribution is -0.267. The topological polar surface area (TPSA) is 88.5 Å². The summed E-state index contributed by atoms with van der Waals surface area (Å²) in [6.07, 6.45) is 0. The fourth-order valence-electron chi connectivity index (χ4n) is 0.772. The summed E-state index contributed by atoms with van der Waals surface area (Å²) < 4.78 is 0. The third-order valence-corrected chi connectivity index (χ3v) is 1.33. The van der Waals surface area contributed by atoms with E-state index in [0.29, 0.717) is 0 Å². The Morgan fingerprint density at radius 3 is 2.75 bits per heavy atom. The first-order valence-electron chi connectivity index (χ1n) is 3.05. The van der Waals surface area contributed by atoms with Gasteiger partial charge in [-0.3, -0.25) is 0 Å². The Kier molecular flexibility index (Phi) is 1.92. The van der Waals surface area contributed by atoms with Gasteiger partial charge in [-0.2, -0.15) is 0 Å². The van der Waals surface area contributed by atoms with Gasteiger partial charge in [0, 0.05) is 11.8 Å². The number of hydrogen-bond acceptors (Lipinski definition) is 3. The Hall–Kier alpha value is -2.09. The van der Waals surface area contributed by atoms with Crippen molar-refractivity contribution in [2.75, 3.05) is 0 Å². The molecule has 0 amide bonds. The zero-order valence-electron chi connectivity index (χ0n) is 5.89. The van der Waals surface area contributed by atoms with E-state index in [0.717, 1.165) is 6.07 Å². The van der Waals surface area contributed by atoms with E-state index < -0.39 is 17.3 Å². The molecule has 0 spiro atoms. The van der Waals surface area contributed by atoms with Gasteiger partial charge >= 0.3 is 11.7 Å². The van der Waals surface area contributed by atoms with Crippen LogP contribution in [0, 0.1) is 5.39 Å². The highest BCUT2D eigenvalue weighted by molar-refractivity contribution is 5.92. The fraction of sp³-hybridized carbons (Fsp3) is 0. The number of aromatic carboxylic acids is 1. The normalized spacial score (nSPS) is 8.92. The van der Waals surface area contributed by atoms with Crippen molar-refractivity contribution in [2.24, 2.45) is 0 Å². The summed E-state index contributed by atoms with van der Waals surface area (Å²) in [5.41, 5.74) is -0.666. The van der Waals surface area contributed by atoms with Crippen LogP contribution in [0.4, 0.5) is 5.69 Å². The number of nitrogens with zero attached hydrogens (tertiary/aromatic N) is 2. The number of rotatable bonds is 1. The van der Waals surface area contributed by atoms with E-state index in [4.69, 9.17) is 10.5 Å². The van der Waals surface area contributed by atoms with Crippen molar-refractivity contribution >= 4 is 11.7 Å². The van der Waals surface area contributed by atoms with Crippen molar-refractivity contribution in [3.8, 4) is 5.75 Å². The van der Waals surface area contributed by atoms with Crippen LogP contribution in [0.1, 0.15) is 10.4 Å². The molecule has 0 saturated carbocycles. The van der Waals surface area contributed by atoms with Gasteiger partial charge in [-0.1, -0.05) is 6.07 Å². The van der Waals surface area contributed by atoms with Crippen molar-refractivity contribution < 1.29 is 15.0 Å². The van der Waals surface area contributed by atoms with E-state index in [1.165, 1.54) is 12.1 Å². The second-order valence-electron chi connectivity index (χ2n) is 2.06. The molecule has 0 atom stereocenters. The number of carboxylic acids is 1. The molecule has 0 heterocycles. The summed E-state index contributed by atoms with van der Waals surface area (Å²) >= 11 is 0. The largest absolute Gasteiger partial charge is 0.866 e. The Bertz CT molecular complexity index is 367. The molecule has 0 aliphatic heterocycles. The van der Waals surface area contributed by atoms with Gasteiger partial charge < -0.3 is 10.2 Å². The Morgan fingerprint density at radius 2 is 2.25 bits per heavy atom. The van der Waals surface area contributed by atoms with Crippen LogP contribution in [-0.2, 0) is 0 Å². The van der Waals surface area contributed by atoms with E-state index >= 15 is 0 Å². The molecule has 1 rings (SSSR count). The third-order valence-electron chi connectivity index (χ3n) is 1.33. The molecule has 0 fully saturated rings. The molecule has 0 aromatic heterocycles.